The average Bonchev–Trinajstić information content (AvgIpc) is 2.82. The van der Waals surface area contributed by atoms with E-state index in [4.69, 9.17) is 9.47 Å². The molecule has 162 valence electrons. The largest absolute Gasteiger partial charge is 0.452 e. The number of hydrogen-bond acceptors (Lipinski definition) is 5. The van der Waals surface area contributed by atoms with Gasteiger partial charge >= 0.3 is 11.9 Å². The Hall–Kier alpha value is -3.93. The fourth-order valence-corrected chi connectivity index (χ4v) is 3.76. The summed E-state index contributed by atoms with van der Waals surface area (Å²) >= 11 is 0. The van der Waals surface area contributed by atoms with Gasteiger partial charge in [-0.05, 0) is 59.9 Å². The molecule has 0 radical (unpaired) electrons. The number of ether oxygens (including phenoxy) is 2. The van der Waals surface area contributed by atoms with Crippen LogP contribution in [0.1, 0.15) is 29.3 Å². The Morgan fingerprint density at radius 1 is 0.875 bits per heavy atom. The quantitative estimate of drug-likeness (QED) is 0.444. The van der Waals surface area contributed by atoms with Gasteiger partial charge in [-0.15, -0.1) is 0 Å². The molecule has 0 saturated heterocycles. The van der Waals surface area contributed by atoms with Gasteiger partial charge in [-0.3, -0.25) is 9.59 Å². The van der Waals surface area contributed by atoms with E-state index in [0.717, 1.165) is 35.2 Å². The SMILES string of the molecule is CC(=O)Oc1ccc(-c2ccc(C(=O)OCC(=O)N3CCCc4ccccc43)cc2)cc1. The Kier molecular flexibility index (Phi) is 6.31. The van der Waals surface area contributed by atoms with E-state index in [-0.39, 0.29) is 18.5 Å². The van der Waals surface area contributed by atoms with Crippen LogP contribution in [0, 0.1) is 0 Å². The van der Waals surface area contributed by atoms with E-state index in [1.165, 1.54) is 6.92 Å². The van der Waals surface area contributed by atoms with Crippen LogP contribution in [0.4, 0.5) is 5.69 Å². The maximum Gasteiger partial charge on any atom is 0.338 e. The molecule has 6 heteroatoms. The summed E-state index contributed by atoms with van der Waals surface area (Å²) in [6.45, 7) is 1.68. The number of esters is 2. The monoisotopic (exact) mass is 429 g/mol. The van der Waals surface area contributed by atoms with Gasteiger partial charge in [-0.2, -0.15) is 0 Å². The van der Waals surface area contributed by atoms with Gasteiger partial charge in [-0.25, -0.2) is 4.79 Å². The number of fused-ring (bicyclic) bond motifs is 1. The highest BCUT2D eigenvalue weighted by molar-refractivity contribution is 5.98. The van der Waals surface area contributed by atoms with Gasteiger partial charge in [0.05, 0.1) is 5.56 Å². The second-order valence-corrected chi connectivity index (χ2v) is 7.55. The third-order valence-corrected chi connectivity index (χ3v) is 5.31. The molecule has 4 rings (SSSR count). The lowest BCUT2D eigenvalue weighted by Crippen LogP contribution is -2.38. The highest BCUT2D eigenvalue weighted by Crippen LogP contribution is 2.27. The van der Waals surface area contributed by atoms with Crippen LogP contribution in [0.5, 0.6) is 5.75 Å². The van der Waals surface area contributed by atoms with Crippen molar-refractivity contribution in [3.05, 3.63) is 83.9 Å². The number of rotatable bonds is 5. The van der Waals surface area contributed by atoms with Crippen LogP contribution in [0.3, 0.4) is 0 Å². The minimum Gasteiger partial charge on any atom is -0.452 e. The lowest BCUT2D eigenvalue weighted by molar-refractivity contribution is -0.131. The number of hydrogen-bond donors (Lipinski definition) is 0. The molecule has 1 aliphatic heterocycles. The minimum atomic E-state index is -0.541. The van der Waals surface area contributed by atoms with Crippen LogP contribution >= 0.6 is 0 Å². The zero-order valence-corrected chi connectivity index (χ0v) is 17.7. The number of anilines is 1. The molecular formula is C26H23NO5. The molecule has 0 unspecified atom stereocenters. The molecular weight excluding hydrogens is 406 g/mol. The summed E-state index contributed by atoms with van der Waals surface area (Å²) in [5.74, 6) is -0.665. The lowest BCUT2D eigenvalue weighted by Gasteiger charge is -2.29. The normalized spacial score (nSPS) is 12.6. The molecule has 0 fully saturated rings. The van der Waals surface area contributed by atoms with Gasteiger partial charge in [0, 0.05) is 19.2 Å². The lowest BCUT2D eigenvalue weighted by atomic mass is 10.0. The Morgan fingerprint density at radius 2 is 1.53 bits per heavy atom. The Balaban J connectivity index is 1.36. The van der Waals surface area contributed by atoms with Crippen molar-refractivity contribution >= 4 is 23.5 Å². The van der Waals surface area contributed by atoms with Gasteiger partial charge in [0.15, 0.2) is 6.61 Å². The molecule has 0 saturated carbocycles. The molecule has 0 N–H and O–H groups in total. The summed E-state index contributed by atoms with van der Waals surface area (Å²) in [6.07, 6.45) is 1.83. The van der Waals surface area contributed by atoms with Gasteiger partial charge in [0.2, 0.25) is 0 Å². The number of para-hydroxylation sites is 1. The van der Waals surface area contributed by atoms with Crippen LogP contribution in [-0.4, -0.2) is 31.0 Å². The van der Waals surface area contributed by atoms with Gasteiger partial charge in [0.1, 0.15) is 5.75 Å². The summed E-state index contributed by atoms with van der Waals surface area (Å²) in [5.41, 5.74) is 4.22. The predicted molar refractivity (Wildman–Crippen MR) is 121 cm³/mol. The van der Waals surface area contributed by atoms with Crippen LogP contribution in [0.25, 0.3) is 11.1 Å². The van der Waals surface area contributed by atoms with E-state index < -0.39 is 5.97 Å². The van der Waals surface area contributed by atoms with E-state index in [1.807, 2.05) is 36.4 Å². The summed E-state index contributed by atoms with van der Waals surface area (Å²) in [4.78, 5) is 37.8. The van der Waals surface area contributed by atoms with Crippen molar-refractivity contribution in [2.75, 3.05) is 18.1 Å². The van der Waals surface area contributed by atoms with Crippen LogP contribution in [0.15, 0.2) is 72.8 Å². The first-order valence-electron chi connectivity index (χ1n) is 10.5. The molecule has 0 atom stereocenters. The number of amides is 1. The molecule has 1 aliphatic rings. The van der Waals surface area contributed by atoms with Crippen molar-refractivity contribution < 1.29 is 23.9 Å². The van der Waals surface area contributed by atoms with Crippen LogP contribution in [0.2, 0.25) is 0 Å². The molecule has 32 heavy (non-hydrogen) atoms. The third-order valence-electron chi connectivity index (χ3n) is 5.31. The zero-order chi connectivity index (χ0) is 22.5. The van der Waals surface area contributed by atoms with E-state index in [1.54, 1.807) is 41.3 Å². The van der Waals surface area contributed by atoms with E-state index in [0.29, 0.717) is 17.9 Å². The minimum absolute atomic E-state index is 0.227. The molecule has 0 bridgehead atoms. The molecule has 3 aromatic rings. The molecule has 6 nitrogen and oxygen atoms in total. The van der Waals surface area contributed by atoms with Crippen molar-refractivity contribution in [1.82, 2.24) is 0 Å². The molecule has 0 aliphatic carbocycles. The predicted octanol–water partition coefficient (Wildman–Crippen LogP) is 4.42. The van der Waals surface area contributed by atoms with E-state index in [2.05, 4.69) is 0 Å². The van der Waals surface area contributed by atoms with Crippen molar-refractivity contribution in [3.63, 3.8) is 0 Å². The zero-order valence-electron chi connectivity index (χ0n) is 17.7. The number of carbonyl (C=O) groups excluding carboxylic acids is 3. The fourth-order valence-electron chi connectivity index (χ4n) is 3.76. The Bertz CT molecular complexity index is 1140. The van der Waals surface area contributed by atoms with E-state index >= 15 is 0 Å². The third kappa shape index (κ3) is 4.86. The van der Waals surface area contributed by atoms with Crippen LogP contribution < -0.4 is 9.64 Å². The summed E-state index contributed by atoms with van der Waals surface area (Å²) in [5, 5.41) is 0. The Morgan fingerprint density at radius 3 is 2.22 bits per heavy atom. The molecule has 0 aromatic heterocycles. The summed E-state index contributed by atoms with van der Waals surface area (Å²) in [7, 11) is 0. The number of aryl methyl sites for hydroxylation is 1. The second-order valence-electron chi connectivity index (χ2n) is 7.55. The molecule has 0 spiro atoms. The Labute approximate surface area is 186 Å². The maximum atomic E-state index is 12.6. The van der Waals surface area contributed by atoms with Gasteiger partial charge < -0.3 is 14.4 Å². The number of carbonyl (C=O) groups is 3. The van der Waals surface area contributed by atoms with Crippen molar-refractivity contribution in [2.45, 2.75) is 19.8 Å². The first kappa shape index (κ1) is 21.3. The smallest absolute Gasteiger partial charge is 0.338 e. The topological polar surface area (TPSA) is 72.9 Å². The van der Waals surface area contributed by atoms with Gasteiger partial charge in [0.25, 0.3) is 5.91 Å². The van der Waals surface area contributed by atoms with Gasteiger partial charge in [-0.1, -0.05) is 42.5 Å². The number of nitrogens with zero attached hydrogens (tertiary/aromatic N) is 1. The molecule has 1 heterocycles. The number of benzene rings is 3. The first-order valence-corrected chi connectivity index (χ1v) is 10.5. The fraction of sp³-hybridized carbons (Fsp3) is 0.192. The first-order chi connectivity index (χ1) is 15.5. The highest BCUT2D eigenvalue weighted by Gasteiger charge is 2.23. The maximum absolute atomic E-state index is 12.6. The van der Waals surface area contributed by atoms with Crippen LogP contribution in [-0.2, 0) is 20.7 Å². The second kappa shape index (κ2) is 9.47. The highest BCUT2D eigenvalue weighted by atomic mass is 16.5. The molecule has 3 aromatic carbocycles. The van der Waals surface area contributed by atoms with E-state index in [9.17, 15) is 14.4 Å². The summed E-state index contributed by atoms with van der Waals surface area (Å²) < 4.78 is 10.3. The van der Waals surface area contributed by atoms with Crippen molar-refractivity contribution in [3.8, 4) is 16.9 Å². The van der Waals surface area contributed by atoms with Crippen molar-refractivity contribution in [2.24, 2.45) is 0 Å². The van der Waals surface area contributed by atoms with Crippen molar-refractivity contribution in [1.29, 1.82) is 0 Å². The molecule has 1 amide bonds. The summed E-state index contributed by atoms with van der Waals surface area (Å²) in [6, 6.07) is 21.8. The average molecular weight is 429 g/mol. The standard InChI is InChI=1S/C26H23NO5/c1-18(28)32-23-14-12-20(13-15-23)19-8-10-22(11-9-19)26(30)31-17-25(29)27-16-4-6-21-5-2-3-7-24(21)27/h2-3,5,7-15H,4,6,16-17H2,1H3.